The Labute approximate surface area is 132 Å². The van der Waals surface area contributed by atoms with Gasteiger partial charge in [0.1, 0.15) is 0 Å². The lowest BCUT2D eigenvalue weighted by atomic mass is 9.90. The van der Waals surface area contributed by atoms with E-state index in [4.69, 9.17) is 17.3 Å². The molecule has 3 heteroatoms. The Morgan fingerprint density at radius 3 is 2.85 bits per heavy atom. The maximum Gasteiger partial charge on any atom is 0.0451 e. The van der Waals surface area contributed by atoms with Gasteiger partial charge in [-0.05, 0) is 42.9 Å². The summed E-state index contributed by atoms with van der Waals surface area (Å²) in [6.07, 6.45) is 6.42. The minimum absolute atomic E-state index is 0.204. The number of hydrogen-bond acceptors (Lipinski definition) is 2. The van der Waals surface area contributed by atoms with Crippen LogP contribution in [0.2, 0.25) is 5.02 Å². The van der Waals surface area contributed by atoms with E-state index < -0.39 is 0 Å². The molecule has 0 bridgehead atoms. The number of halogens is 1. The van der Waals surface area contributed by atoms with E-state index in [1.165, 1.54) is 31.2 Å². The molecule has 1 nitrogen and oxygen atoms in total. The molecule has 112 valence electrons. The van der Waals surface area contributed by atoms with Crippen molar-refractivity contribution in [1.82, 2.24) is 0 Å². The Bertz CT molecular complexity index is 423. The Hall–Kier alpha value is -0.180. The van der Waals surface area contributed by atoms with Gasteiger partial charge in [0.05, 0.1) is 0 Å². The molecule has 0 heterocycles. The molecule has 4 atom stereocenters. The van der Waals surface area contributed by atoms with Gasteiger partial charge in [-0.15, -0.1) is 11.8 Å². The van der Waals surface area contributed by atoms with Crippen LogP contribution < -0.4 is 5.73 Å². The Kier molecular flexibility index (Phi) is 6.25. The second-order valence-electron chi connectivity index (χ2n) is 6.08. The minimum atomic E-state index is 0.204. The molecule has 0 aromatic heterocycles. The van der Waals surface area contributed by atoms with Crippen LogP contribution in [0.3, 0.4) is 0 Å². The van der Waals surface area contributed by atoms with Gasteiger partial charge in [0.2, 0.25) is 0 Å². The topological polar surface area (TPSA) is 26.0 Å². The van der Waals surface area contributed by atoms with Crippen LogP contribution in [0.1, 0.15) is 56.8 Å². The van der Waals surface area contributed by atoms with Crippen LogP contribution in [0, 0.1) is 5.92 Å². The first-order chi connectivity index (χ1) is 9.60. The van der Waals surface area contributed by atoms with Crippen LogP contribution in [0.5, 0.6) is 0 Å². The molecule has 1 saturated carbocycles. The molecule has 2 N–H and O–H groups in total. The van der Waals surface area contributed by atoms with Gasteiger partial charge in [-0.1, -0.05) is 50.4 Å². The highest BCUT2D eigenvalue weighted by Crippen LogP contribution is 2.42. The van der Waals surface area contributed by atoms with E-state index in [2.05, 4.69) is 37.7 Å². The first-order valence-corrected chi connectivity index (χ1v) is 9.08. The van der Waals surface area contributed by atoms with E-state index in [0.717, 1.165) is 22.6 Å². The quantitative estimate of drug-likeness (QED) is 0.784. The molecule has 1 fully saturated rings. The van der Waals surface area contributed by atoms with E-state index in [0.29, 0.717) is 5.25 Å². The summed E-state index contributed by atoms with van der Waals surface area (Å²) in [6.45, 7) is 4.55. The summed E-state index contributed by atoms with van der Waals surface area (Å²) in [7, 11) is 0. The fourth-order valence-electron chi connectivity index (χ4n) is 3.03. The van der Waals surface area contributed by atoms with Crippen molar-refractivity contribution in [1.29, 1.82) is 0 Å². The number of nitrogens with two attached hydrogens (primary N) is 1. The number of benzene rings is 1. The van der Waals surface area contributed by atoms with Crippen molar-refractivity contribution in [3.8, 4) is 0 Å². The average molecular weight is 312 g/mol. The monoisotopic (exact) mass is 311 g/mol. The normalized spacial score (nSPS) is 26.2. The van der Waals surface area contributed by atoms with Crippen molar-refractivity contribution >= 4 is 23.4 Å². The summed E-state index contributed by atoms with van der Waals surface area (Å²) in [5.74, 6) is 0.860. The predicted octanol–water partition coefficient (Wildman–Crippen LogP) is 5.43. The van der Waals surface area contributed by atoms with E-state index in [-0.39, 0.29) is 6.04 Å². The first-order valence-electron chi connectivity index (χ1n) is 7.76. The third kappa shape index (κ3) is 4.41. The SMILES string of the molecule is CCC(N)C(SC1CCCC(C)C1)c1cccc(Cl)c1. The maximum absolute atomic E-state index is 6.39. The summed E-state index contributed by atoms with van der Waals surface area (Å²) in [5, 5.41) is 1.93. The number of rotatable bonds is 5. The molecule has 20 heavy (non-hydrogen) atoms. The van der Waals surface area contributed by atoms with Crippen molar-refractivity contribution in [2.45, 2.75) is 62.5 Å². The highest BCUT2D eigenvalue weighted by atomic mass is 35.5. The Balaban J connectivity index is 2.11. The van der Waals surface area contributed by atoms with Crippen LogP contribution in [-0.2, 0) is 0 Å². The Morgan fingerprint density at radius 1 is 1.40 bits per heavy atom. The van der Waals surface area contributed by atoms with Crippen molar-refractivity contribution < 1.29 is 0 Å². The van der Waals surface area contributed by atoms with Gasteiger partial charge in [-0.3, -0.25) is 0 Å². The van der Waals surface area contributed by atoms with Crippen molar-refractivity contribution in [2.24, 2.45) is 11.7 Å². The molecule has 0 spiro atoms. The molecule has 1 aromatic carbocycles. The molecule has 2 rings (SSSR count). The smallest absolute Gasteiger partial charge is 0.0451 e. The van der Waals surface area contributed by atoms with Crippen molar-refractivity contribution in [2.75, 3.05) is 0 Å². The fourth-order valence-corrected chi connectivity index (χ4v) is 5.09. The van der Waals surface area contributed by atoms with E-state index in [1.54, 1.807) is 0 Å². The summed E-state index contributed by atoms with van der Waals surface area (Å²) < 4.78 is 0. The molecule has 0 amide bonds. The van der Waals surface area contributed by atoms with Gasteiger partial charge in [0.25, 0.3) is 0 Å². The summed E-state index contributed by atoms with van der Waals surface area (Å²) in [5.41, 5.74) is 7.67. The summed E-state index contributed by atoms with van der Waals surface area (Å²) in [6, 6.07) is 8.44. The lowest BCUT2D eigenvalue weighted by Gasteiger charge is -2.32. The second-order valence-corrected chi connectivity index (χ2v) is 7.96. The third-order valence-corrected chi connectivity index (χ3v) is 6.23. The van der Waals surface area contributed by atoms with Gasteiger partial charge in [-0.25, -0.2) is 0 Å². The van der Waals surface area contributed by atoms with Gasteiger partial charge in [0, 0.05) is 21.6 Å². The van der Waals surface area contributed by atoms with Gasteiger partial charge in [0.15, 0.2) is 0 Å². The summed E-state index contributed by atoms with van der Waals surface area (Å²) >= 11 is 8.23. The first kappa shape index (κ1) is 16.2. The zero-order valence-corrected chi connectivity index (χ0v) is 14.1. The van der Waals surface area contributed by atoms with Gasteiger partial charge >= 0.3 is 0 Å². The average Bonchev–Trinajstić information content (AvgIpc) is 2.44. The fraction of sp³-hybridized carbons (Fsp3) is 0.647. The van der Waals surface area contributed by atoms with Crippen LogP contribution in [0.4, 0.5) is 0 Å². The van der Waals surface area contributed by atoms with Crippen LogP contribution in [-0.4, -0.2) is 11.3 Å². The molecule has 0 aliphatic heterocycles. The zero-order valence-electron chi connectivity index (χ0n) is 12.5. The molecular weight excluding hydrogens is 286 g/mol. The second kappa shape index (κ2) is 7.72. The Morgan fingerprint density at radius 2 is 2.20 bits per heavy atom. The van der Waals surface area contributed by atoms with Crippen LogP contribution in [0.15, 0.2) is 24.3 Å². The van der Waals surface area contributed by atoms with Crippen LogP contribution >= 0.6 is 23.4 Å². The molecular formula is C17H26ClNS. The van der Waals surface area contributed by atoms with Gasteiger partial charge in [-0.2, -0.15) is 0 Å². The maximum atomic E-state index is 6.39. The van der Waals surface area contributed by atoms with Crippen molar-refractivity contribution in [3.05, 3.63) is 34.9 Å². The minimum Gasteiger partial charge on any atom is -0.326 e. The lowest BCUT2D eigenvalue weighted by molar-refractivity contribution is 0.393. The van der Waals surface area contributed by atoms with Gasteiger partial charge < -0.3 is 5.73 Å². The molecule has 1 aliphatic carbocycles. The largest absolute Gasteiger partial charge is 0.326 e. The number of thioether (sulfide) groups is 1. The molecule has 0 radical (unpaired) electrons. The lowest BCUT2D eigenvalue weighted by Crippen LogP contribution is -2.28. The highest BCUT2D eigenvalue weighted by Gasteiger charge is 2.26. The highest BCUT2D eigenvalue weighted by molar-refractivity contribution is 8.00. The van der Waals surface area contributed by atoms with E-state index >= 15 is 0 Å². The predicted molar refractivity (Wildman–Crippen MR) is 91.5 cm³/mol. The zero-order chi connectivity index (χ0) is 14.5. The standard InChI is InChI=1S/C17H26ClNS/c1-3-16(19)17(13-7-5-8-14(18)11-13)20-15-9-4-6-12(2)10-15/h5,7-8,11-12,15-17H,3-4,6,9-10,19H2,1-2H3. The van der Waals surface area contributed by atoms with Crippen molar-refractivity contribution in [3.63, 3.8) is 0 Å². The molecule has 1 aliphatic rings. The summed E-state index contributed by atoms with van der Waals surface area (Å²) in [4.78, 5) is 0. The van der Waals surface area contributed by atoms with E-state index in [9.17, 15) is 0 Å². The molecule has 0 saturated heterocycles. The van der Waals surface area contributed by atoms with Crippen LogP contribution in [0.25, 0.3) is 0 Å². The molecule has 1 aromatic rings. The van der Waals surface area contributed by atoms with E-state index in [1.807, 2.05) is 12.1 Å². The molecule has 4 unspecified atom stereocenters. The number of hydrogen-bond donors (Lipinski definition) is 1. The third-order valence-electron chi connectivity index (χ3n) is 4.26.